The first-order chi connectivity index (χ1) is 7.78. The van der Waals surface area contributed by atoms with Gasteiger partial charge in [-0.2, -0.15) is 11.3 Å². The van der Waals surface area contributed by atoms with Crippen molar-refractivity contribution >= 4 is 29.8 Å². The van der Waals surface area contributed by atoms with E-state index in [1.807, 2.05) is 0 Å². The van der Waals surface area contributed by atoms with Crippen molar-refractivity contribution in [3.8, 4) is 0 Å². The normalized spacial score (nSPS) is 11.9. The number of aromatic nitrogens is 2. The van der Waals surface area contributed by atoms with E-state index in [9.17, 15) is 0 Å². The highest BCUT2D eigenvalue weighted by molar-refractivity contribution is 7.07. The quantitative estimate of drug-likeness (QED) is 0.873. The zero-order valence-corrected chi connectivity index (χ0v) is 11.1. The van der Waals surface area contributed by atoms with Crippen molar-refractivity contribution in [2.75, 3.05) is 5.32 Å². The largest absolute Gasteiger partial charge is 0.407 e. The van der Waals surface area contributed by atoms with E-state index in [1.165, 1.54) is 5.56 Å². The van der Waals surface area contributed by atoms with Crippen molar-refractivity contribution in [2.24, 2.45) is 5.73 Å². The van der Waals surface area contributed by atoms with Gasteiger partial charge in [0.2, 0.25) is 5.89 Å². The van der Waals surface area contributed by atoms with E-state index in [4.69, 9.17) is 10.2 Å². The van der Waals surface area contributed by atoms with Crippen LogP contribution in [0.15, 0.2) is 21.2 Å². The Kier molecular flexibility index (Phi) is 5.40. The molecule has 0 aliphatic carbocycles. The summed E-state index contributed by atoms with van der Waals surface area (Å²) in [6.07, 6.45) is 0.934. The molecule has 3 N–H and O–H groups in total. The van der Waals surface area contributed by atoms with Gasteiger partial charge in [0.05, 0.1) is 6.54 Å². The third-order valence-corrected chi connectivity index (χ3v) is 2.87. The number of nitrogens with one attached hydrogen (secondary N) is 1. The maximum absolute atomic E-state index is 5.38. The Hall–Kier alpha value is -1.11. The lowest BCUT2D eigenvalue weighted by Crippen LogP contribution is -2.17. The Bertz CT molecular complexity index is 431. The van der Waals surface area contributed by atoms with Gasteiger partial charge in [0.25, 0.3) is 0 Å². The minimum atomic E-state index is 0. The van der Waals surface area contributed by atoms with E-state index in [0.29, 0.717) is 11.9 Å². The monoisotopic (exact) mass is 274 g/mol. The van der Waals surface area contributed by atoms with Crippen LogP contribution in [0.1, 0.15) is 18.4 Å². The highest BCUT2D eigenvalue weighted by atomic mass is 35.5. The summed E-state index contributed by atoms with van der Waals surface area (Å²) >= 11 is 1.70. The van der Waals surface area contributed by atoms with Gasteiger partial charge in [-0.1, -0.05) is 5.10 Å². The molecule has 2 aromatic heterocycles. The first-order valence-electron chi connectivity index (χ1n) is 5.08. The van der Waals surface area contributed by atoms with E-state index in [2.05, 4.69) is 39.3 Å². The molecule has 7 heteroatoms. The molecular formula is C10H15ClN4OS. The van der Waals surface area contributed by atoms with Gasteiger partial charge in [0.15, 0.2) is 0 Å². The van der Waals surface area contributed by atoms with E-state index in [-0.39, 0.29) is 25.0 Å². The van der Waals surface area contributed by atoms with E-state index >= 15 is 0 Å². The summed E-state index contributed by atoms with van der Waals surface area (Å²) in [5.41, 5.74) is 6.69. The van der Waals surface area contributed by atoms with Crippen LogP contribution in [0, 0.1) is 0 Å². The number of hydrogen-bond acceptors (Lipinski definition) is 6. The number of nitrogens with zero attached hydrogens (tertiary/aromatic N) is 2. The van der Waals surface area contributed by atoms with Crippen LogP contribution in [-0.4, -0.2) is 16.2 Å². The van der Waals surface area contributed by atoms with E-state index in [0.717, 1.165) is 6.42 Å². The smallest absolute Gasteiger partial charge is 0.315 e. The summed E-state index contributed by atoms with van der Waals surface area (Å²) in [6.45, 7) is 2.34. The molecule has 0 aromatic carbocycles. The molecule has 0 saturated heterocycles. The van der Waals surface area contributed by atoms with Crippen molar-refractivity contribution in [3.05, 3.63) is 28.3 Å². The Labute approximate surface area is 110 Å². The number of halogens is 1. The second-order valence-electron chi connectivity index (χ2n) is 3.59. The maximum atomic E-state index is 5.38. The Morgan fingerprint density at radius 1 is 1.53 bits per heavy atom. The molecule has 1 atom stereocenters. The maximum Gasteiger partial charge on any atom is 0.315 e. The fraction of sp³-hybridized carbons (Fsp3) is 0.400. The molecule has 0 fully saturated rings. The van der Waals surface area contributed by atoms with Crippen molar-refractivity contribution in [1.82, 2.24) is 10.2 Å². The molecule has 0 aliphatic heterocycles. The van der Waals surface area contributed by atoms with Crippen LogP contribution in [0.25, 0.3) is 0 Å². The standard InChI is InChI=1S/C10H14N4OS.ClH/c1-7(4-8-2-3-16-6-8)12-10-14-13-9(5-11)15-10;/h2-3,6-7H,4-5,11H2,1H3,(H,12,14);1H. The first kappa shape index (κ1) is 14.0. The summed E-state index contributed by atoms with van der Waals surface area (Å²) in [7, 11) is 0. The van der Waals surface area contributed by atoms with Crippen LogP contribution in [0.2, 0.25) is 0 Å². The average molecular weight is 275 g/mol. The fourth-order valence-electron chi connectivity index (χ4n) is 1.42. The van der Waals surface area contributed by atoms with Crippen LogP contribution in [0.4, 0.5) is 6.01 Å². The number of rotatable bonds is 5. The van der Waals surface area contributed by atoms with Gasteiger partial charge >= 0.3 is 6.01 Å². The first-order valence-corrected chi connectivity index (χ1v) is 6.02. The van der Waals surface area contributed by atoms with Gasteiger partial charge in [-0.3, -0.25) is 0 Å². The van der Waals surface area contributed by atoms with E-state index in [1.54, 1.807) is 11.3 Å². The van der Waals surface area contributed by atoms with Gasteiger partial charge in [-0.05, 0) is 35.7 Å². The number of hydrogen-bond donors (Lipinski definition) is 2. The molecule has 2 heterocycles. The molecule has 1 unspecified atom stereocenters. The molecule has 0 amide bonds. The Morgan fingerprint density at radius 3 is 2.94 bits per heavy atom. The molecule has 0 bridgehead atoms. The zero-order valence-electron chi connectivity index (χ0n) is 9.42. The molecule has 17 heavy (non-hydrogen) atoms. The van der Waals surface area contributed by atoms with Crippen LogP contribution in [-0.2, 0) is 13.0 Å². The predicted molar refractivity (Wildman–Crippen MR) is 70.5 cm³/mol. The molecule has 5 nitrogen and oxygen atoms in total. The van der Waals surface area contributed by atoms with Crippen molar-refractivity contribution in [2.45, 2.75) is 25.9 Å². The molecule has 0 radical (unpaired) electrons. The van der Waals surface area contributed by atoms with Gasteiger partial charge < -0.3 is 15.5 Å². The number of thiophene rings is 1. The van der Waals surface area contributed by atoms with Crippen molar-refractivity contribution in [1.29, 1.82) is 0 Å². The molecule has 94 valence electrons. The average Bonchev–Trinajstić information content (AvgIpc) is 2.89. The summed E-state index contributed by atoms with van der Waals surface area (Å²) in [6, 6.07) is 2.80. The summed E-state index contributed by atoms with van der Waals surface area (Å²) in [5, 5.41) is 15.0. The van der Waals surface area contributed by atoms with Crippen LogP contribution >= 0.6 is 23.7 Å². The predicted octanol–water partition coefficient (Wildman–Crippen LogP) is 2.05. The molecule has 2 rings (SSSR count). The van der Waals surface area contributed by atoms with Gasteiger partial charge in [0.1, 0.15) is 0 Å². The molecule has 0 saturated carbocycles. The molecule has 2 aromatic rings. The highest BCUT2D eigenvalue weighted by Crippen LogP contribution is 2.12. The van der Waals surface area contributed by atoms with Gasteiger partial charge in [0, 0.05) is 6.04 Å². The third kappa shape index (κ3) is 3.99. The summed E-state index contributed by atoms with van der Waals surface area (Å²) in [4.78, 5) is 0. The number of anilines is 1. The minimum absolute atomic E-state index is 0. The van der Waals surface area contributed by atoms with Gasteiger partial charge in [-0.15, -0.1) is 17.5 Å². The molecular weight excluding hydrogens is 260 g/mol. The summed E-state index contributed by atoms with van der Waals surface area (Å²) < 4.78 is 5.27. The lowest BCUT2D eigenvalue weighted by Gasteiger charge is -2.09. The Balaban J connectivity index is 0.00000144. The van der Waals surface area contributed by atoms with Crippen LogP contribution in [0.3, 0.4) is 0 Å². The van der Waals surface area contributed by atoms with Crippen LogP contribution < -0.4 is 11.1 Å². The van der Waals surface area contributed by atoms with Crippen molar-refractivity contribution < 1.29 is 4.42 Å². The fourth-order valence-corrected chi connectivity index (χ4v) is 2.10. The zero-order chi connectivity index (χ0) is 11.4. The number of nitrogens with two attached hydrogens (primary N) is 1. The molecule has 0 spiro atoms. The SMILES string of the molecule is CC(Cc1ccsc1)Nc1nnc(CN)o1.Cl. The summed E-state index contributed by atoms with van der Waals surface area (Å²) in [5.74, 6) is 0.449. The van der Waals surface area contributed by atoms with E-state index < -0.39 is 0 Å². The van der Waals surface area contributed by atoms with Gasteiger partial charge in [-0.25, -0.2) is 0 Å². The van der Waals surface area contributed by atoms with Crippen molar-refractivity contribution in [3.63, 3.8) is 0 Å². The topological polar surface area (TPSA) is 77.0 Å². The lowest BCUT2D eigenvalue weighted by molar-refractivity contribution is 0.502. The molecule has 0 aliphatic rings. The highest BCUT2D eigenvalue weighted by Gasteiger charge is 2.09. The Morgan fingerprint density at radius 2 is 2.35 bits per heavy atom. The second kappa shape index (κ2) is 6.58. The van der Waals surface area contributed by atoms with Crippen LogP contribution in [0.5, 0.6) is 0 Å². The minimum Gasteiger partial charge on any atom is -0.407 e. The second-order valence-corrected chi connectivity index (χ2v) is 4.37. The third-order valence-electron chi connectivity index (χ3n) is 2.13. The lowest BCUT2D eigenvalue weighted by atomic mass is 10.1.